The van der Waals surface area contributed by atoms with E-state index in [0.717, 1.165) is 4.90 Å². The molecule has 0 aromatic heterocycles. The highest BCUT2D eigenvalue weighted by molar-refractivity contribution is 5.89. The molecule has 0 bridgehead atoms. The van der Waals surface area contributed by atoms with Crippen LogP contribution >= 0.6 is 0 Å². The number of piperidine rings is 1. The quantitative estimate of drug-likeness (QED) is 0.622. The van der Waals surface area contributed by atoms with Gasteiger partial charge in [0.15, 0.2) is 0 Å². The molecule has 1 aliphatic heterocycles. The van der Waals surface area contributed by atoms with Gasteiger partial charge in [-0.05, 0) is 12.8 Å². The Labute approximate surface area is 110 Å². The van der Waals surface area contributed by atoms with Gasteiger partial charge >= 0.3 is 12.1 Å². The number of rotatable bonds is 4. The van der Waals surface area contributed by atoms with Crippen LogP contribution in [0.4, 0.5) is 4.79 Å². The van der Waals surface area contributed by atoms with E-state index in [0.29, 0.717) is 12.8 Å². The molecular weight excluding hydrogens is 256 g/mol. The highest BCUT2D eigenvalue weighted by Gasteiger charge is 2.43. The first kappa shape index (κ1) is 15.2. The van der Waals surface area contributed by atoms with Crippen molar-refractivity contribution in [3.63, 3.8) is 0 Å². The Hall–Kier alpha value is -1.83. The summed E-state index contributed by atoms with van der Waals surface area (Å²) in [5, 5.41) is 26.9. The molecule has 108 valence electrons. The summed E-state index contributed by atoms with van der Waals surface area (Å²) >= 11 is 0. The number of carboxylic acid groups (broad SMARTS) is 2. The molecule has 3 N–H and O–H groups in total. The summed E-state index contributed by atoms with van der Waals surface area (Å²) in [6.07, 6.45) is -0.566. The number of nitrogens with zero attached hydrogens (tertiary/aromatic N) is 2. The molecule has 0 radical (unpaired) electrons. The monoisotopic (exact) mass is 274 g/mol. The third-order valence-electron chi connectivity index (χ3n) is 3.26. The molecule has 8 nitrogen and oxygen atoms in total. The normalized spacial score (nSPS) is 22.9. The van der Waals surface area contributed by atoms with E-state index < -0.39 is 29.9 Å². The lowest BCUT2D eigenvalue weighted by Gasteiger charge is -2.37. The third kappa shape index (κ3) is 3.34. The predicted octanol–water partition coefficient (Wildman–Crippen LogP) is -0.720. The molecule has 0 aromatic rings. The van der Waals surface area contributed by atoms with Crippen molar-refractivity contribution in [3.8, 4) is 0 Å². The zero-order valence-electron chi connectivity index (χ0n) is 10.7. The maximum atomic E-state index is 12.1. The number of carboxylic acids is 1. The Morgan fingerprint density at radius 2 is 1.95 bits per heavy atom. The predicted molar refractivity (Wildman–Crippen MR) is 63.6 cm³/mol. The van der Waals surface area contributed by atoms with Gasteiger partial charge in [-0.1, -0.05) is 0 Å². The van der Waals surface area contributed by atoms with Gasteiger partial charge in [0.05, 0.1) is 12.5 Å². The number of likely N-dealkylation sites (N-methyl/N-ethyl adjacent to an activating group) is 1. The van der Waals surface area contributed by atoms with Crippen LogP contribution in [0.3, 0.4) is 0 Å². The minimum absolute atomic E-state index is 0.0920. The van der Waals surface area contributed by atoms with Gasteiger partial charge in [-0.25, -0.2) is 9.59 Å². The summed E-state index contributed by atoms with van der Waals surface area (Å²) in [6, 6.07) is -1.36. The molecule has 0 saturated carbocycles. The van der Waals surface area contributed by atoms with E-state index in [1.807, 2.05) is 0 Å². The van der Waals surface area contributed by atoms with Crippen LogP contribution in [0.2, 0.25) is 0 Å². The van der Waals surface area contributed by atoms with Gasteiger partial charge < -0.3 is 20.2 Å². The van der Waals surface area contributed by atoms with Gasteiger partial charge in [0.2, 0.25) is 5.91 Å². The zero-order chi connectivity index (χ0) is 14.6. The maximum Gasteiger partial charge on any atom is 0.408 e. The molecule has 1 saturated heterocycles. The molecule has 8 heteroatoms. The second kappa shape index (κ2) is 6.37. The molecule has 1 heterocycles. The topological polar surface area (TPSA) is 118 Å². The molecule has 0 aromatic carbocycles. The number of hydrogen-bond donors (Lipinski definition) is 3. The molecule has 0 spiro atoms. The Morgan fingerprint density at radius 1 is 1.32 bits per heavy atom. The molecule has 2 atom stereocenters. The van der Waals surface area contributed by atoms with Crippen LogP contribution in [0, 0.1) is 5.92 Å². The van der Waals surface area contributed by atoms with Crippen LogP contribution in [0.15, 0.2) is 0 Å². The summed E-state index contributed by atoms with van der Waals surface area (Å²) in [5.74, 6) is -2.68. The summed E-state index contributed by atoms with van der Waals surface area (Å²) < 4.78 is 0. The average molecular weight is 274 g/mol. The largest absolute Gasteiger partial charge is 0.480 e. The number of aliphatic hydroxyl groups is 1. The molecule has 2 amide bonds. The van der Waals surface area contributed by atoms with Crippen LogP contribution in [0.5, 0.6) is 0 Å². The summed E-state index contributed by atoms with van der Waals surface area (Å²) in [6.45, 7) is -0.0239. The number of carbonyl (C=O) groups excluding carboxylic acids is 1. The number of hydrogen-bond acceptors (Lipinski definition) is 4. The first-order valence-electron chi connectivity index (χ1n) is 5.98. The molecule has 1 aliphatic rings. The van der Waals surface area contributed by atoms with Gasteiger partial charge in [0.25, 0.3) is 0 Å². The Balaban J connectivity index is 2.93. The van der Waals surface area contributed by atoms with E-state index in [-0.39, 0.29) is 19.7 Å². The van der Waals surface area contributed by atoms with E-state index in [2.05, 4.69) is 0 Å². The van der Waals surface area contributed by atoms with Crippen molar-refractivity contribution in [2.75, 3.05) is 26.7 Å². The van der Waals surface area contributed by atoms with Crippen LogP contribution in [0.25, 0.3) is 0 Å². The second-order valence-corrected chi connectivity index (χ2v) is 4.49. The van der Waals surface area contributed by atoms with Crippen molar-refractivity contribution in [1.29, 1.82) is 0 Å². The van der Waals surface area contributed by atoms with Crippen molar-refractivity contribution in [2.24, 2.45) is 5.92 Å². The number of carbonyl (C=O) groups is 3. The fourth-order valence-corrected chi connectivity index (χ4v) is 2.32. The van der Waals surface area contributed by atoms with Crippen LogP contribution in [0.1, 0.15) is 12.8 Å². The van der Waals surface area contributed by atoms with Gasteiger partial charge in [0, 0.05) is 20.1 Å². The molecule has 19 heavy (non-hydrogen) atoms. The van der Waals surface area contributed by atoms with Gasteiger partial charge in [-0.3, -0.25) is 9.69 Å². The van der Waals surface area contributed by atoms with Crippen molar-refractivity contribution in [2.45, 2.75) is 18.9 Å². The number of aliphatic hydroxyl groups excluding tert-OH is 1. The van der Waals surface area contributed by atoms with Crippen molar-refractivity contribution < 1.29 is 29.7 Å². The van der Waals surface area contributed by atoms with Gasteiger partial charge in [-0.2, -0.15) is 0 Å². The van der Waals surface area contributed by atoms with E-state index in [9.17, 15) is 14.4 Å². The molecular formula is C11H18N2O6. The lowest BCUT2D eigenvalue weighted by Crippen LogP contribution is -2.56. The van der Waals surface area contributed by atoms with Crippen LogP contribution in [-0.2, 0) is 9.59 Å². The SMILES string of the molecule is CN(CCO)C(=O)[C@H]1CCCN(C(=O)O)[C@H]1C(=O)O. The van der Waals surface area contributed by atoms with Crippen molar-refractivity contribution in [3.05, 3.63) is 0 Å². The summed E-state index contributed by atoms with van der Waals surface area (Å²) in [4.78, 5) is 36.4. The lowest BCUT2D eigenvalue weighted by molar-refractivity contribution is -0.153. The van der Waals surface area contributed by atoms with E-state index in [4.69, 9.17) is 15.3 Å². The standard InChI is InChI=1S/C11H18N2O6/c1-12(5-6-14)9(15)7-3-2-4-13(11(18)19)8(7)10(16)17/h7-8,14H,2-6H2,1H3,(H,16,17)(H,18,19)/t7-,8+/m0/s1. The fraction of sp³-hybridized carbons (Fsp3) is 0.727. The Kier molecular flexibility index (Phi) is 5.11. The highest BCUT2D eigenvalue weighted by Crippen LogP contribution is 2.25. The maximum absolute atomic E-state index is 12.1. The summed E-state index contributed by atoms with van der Waals surface area (Å²) in [5.41, 5.74) is 0. The van der Waals surface area contributed by atoms with Gasteiger partial charge in [-0.15, -0.1) is 0 Å². The Morgan fingerprint density at radius 3 is 2.42 bits per heavy atom. The minimum Gasteiger partial charge on any atom is -0.480 e. The number of likely N-dealkylation sites (tertiary alicyclic amines) is 1. The number of amides is 2. The first-order valence-corrected chi connectivity index (χ1v) is 5.98. The first-order chi connectivity index (χ1) is 8.90. The van der Waals surface area contributed by atoms with Crippen LogP contribution < -0.4 is 0 Å². The average Bonchev–Trinajstić information content (AvgIpc) is 2.36. The zero-order valence-corrected chi connectivity index (χ0v) is 10.7. The smallest absolute Gasteiger partial charge is 0.408 e. The van der Waals surface area contributed by atoms with Crippen molar-refractivity contribution in [1.82, 2.24) is 9.80 Å². The highest BCUT2D eigenvalue weighted by atomic mass is 16.4. The molecule has 0 aliphatic carbocycles. The van der Waals surface area contributed by atoms with E-state index in [1.165, 1.54) is 11.9 Å². The molecule has 0 unspecified atom stereocenters. The Bertz CT molecular complexity index is 372. The second-order valence-electron chi connectivity index (χ2n) is 4.49. The van der Waals surface area contributed by atoms with Crippen LogP contribution in [-0.4, -0.2) is 75.9 Å². The lowest BCUT2D eigenvalue weighted by atomic mass is 9.88. The number of aliphatic carboxylic acids is 1. The minimum atomic E-state index is -1.36. The fourth-order valence-electron chi connectivity index (χ4n) is 2.32. The third-order valence-corrected chi connectivity index (χ3v) is 3.26. The van der Waals surface area contributed by atoms with E-state index in [1.54, 1.807) is 0 Å². The summed E-state index contributed by atoms with van der Waals surface area (Å²) in [7, 11) is 1.46. The van der Waals surface area contributed by atoms with Crippen molar-refractivity contribution >= 4 is 18.0 Å². The molecule has 1 fully saturated rings. The van der Waals surface area contributed by atoms with E-state index >= 15 is 0 Å². The van der Waals surface area contributed by atoms with Gasteiger partial charge in [0.1, 0.15) is 6.04 Å². The molecule has 1 rings (SSSR count).